The lowest BCUT2D eigenvalue weighted by Crippen LogP contribution is -2.42. The minimum absolute atomic E-state index is 0.00460. The minimum atomic E-state index is -3.85. The molecule has 0 bridgehead atoms. The lowest BCUT2D eigenvalue weighted by Gasteiger charge is -2.11. The fraction of sp³-hybridized carbons (Fsp3) is 0.300. The molecule has 1 aliphatic heterocycles. The van der Waals surface area contributed by atoms with Crippen molar-refractivity contribution >= 4 is 21.8 Å². The first-order chi connectivity index (χ1) is 14.9. The number of methoxy groups -OCH3 is 1. The quantitative estimate of drug-likeness (QED) is 0.537. The van der Waals surface area contributed by atoms with Crippen molar-refractivity contribution in [2.75, 3.05) is 26.9 Å². The predicted molar refractivity (Wildman–Crippen MR) is 110 cm³/mol. The average Bonchev–Trinajstić information content (AvgIpc) is 3.02. The molecule has 0 aromatic heterocycles. The summed E-state index contributed by atoms with van der Waals surface area (Å²) in [6.07, 6.45) is 0.534. The molecular weight excluding hydrogens is 426 g/mol. The Balaban J connectivity index is 1.47. The van der Waals surface area contributed by atoms with E-state index in [1.807, 2.05) is 0 Å². The maximum Gasteiger partial charge on any atom is 0.269 e. The van der Waals surface area contributed by atoms with Gasteiger partial charge in [0.25, 0.3) is 5.91 Å². The molecule has 10 nitrogen and oxygen atoms in total. The number of sulfonamides is 1. The third-order valence-corrected chi connectivity index (χ3v) is 5.80. The van der Waals surface area contributed by atoms with E-state index in [1.165, 1.54) is 25.3 Å². The lowest BCUT2D eigenvalue weighted by molar-refractivity contribution is -0.121. The van der Waals surface area contributed by atoms with E-state index in [0.717, 1.165) is 0 Å². The second-order valence-electron chi connectivity index (χ2n) is 6.54. The summed E-state index contributed by atoms with van der Waals surface area (Å²) < 4.78 is 43.3. The van der Waals surface area contributed by atoms with E-state index in [1.54, 1.807) is 24.3 Å². The van der Waals surface area contributed by atoms with Gasteiger partial charge in [-0.2, -0.15) is 0 Å². The fourth-order valence-corrected chi connectivity index (χ4v) is 3.74. The van der Waals surface area contributed by atoms with Crippen LogP contribution in [0.15, 0.2) is 47.4 Å². The Labute approximate surface area is 179 Å². The van der Waals surface area contributed by atoms with Crippen molar-refractivity contribution in [3.8, 4) is 17.2 Å². The molecule has 3 rings (SSSR count). The molecule has 0 atom stereocenters. The van der Waals surface area contributed by atoms with E-state index in [4.69, 9.17) is 14.2 Å². The SMILES string of the molecule is COc1ccc(C(=O)NNC(=O)CCNS(=O)(=O)c2ccc3c(c2)OCCCO3)cc1. The van der Waals surface area contributed by atoms with Crippen LogP contribution in [0.1, 0.15) is 23.2 Å². The van der Waals surface area contributed by atoms with Crippen LogP contribution in [0.5, 0.6) is 17.2 Å². The number of amides is 2. The maximum atomic E-state index is 12.5. The summed E-state index contributed by atoms with van der Waals surface area (Å²) in [5.74, 6) is 0.385. The van der Waals surface area contributed by atoms with Crippen LogP contribution in [-0.2, 0) is 14.8 Å². The van der Waals surface area contributed by atoms with Crippen molar-refractivity contribution in [2.24, 2.45) is 0 Å². The number of nitrogens with one attached hydrogen (secondary N) is 3. The fourth-order valence-electron chi connectivity index (χ4n) is 2.70. The van der Waals surface area contributed by atoms with Crippen molar-refractivity contribution in [1.82, 2.24) is 15.6 Å². The second-order valence-corrected chi connectivity index (χ2v) is 8.30. The summed E-state index contributed by atoms with van der Waals surface area (Å²) >= 11 is 0. The first-order valence-corrected chi connectivity index (χ1v) is 11.0. The Hall–Kier alpha value is -3.31. The summed E-state index contributed by atoms with van der Waals surface area (Å²) in [5.41, 5.74) is 4.84. The first-order valence-electron chi connectivity index (χ1n) is 9.51. The smallest absolute Gasteiger partial charge is 0.269 e. The highest BCUT2D eigenvalue weighted by Gasteiger charge is 2.19. The zero-order valence-corrected chi connectivity index (χ0v) is 17.7. The van der Waals surface area contributed by atoms with Gasteiger partial charge >= 0.3 is 0 Å². The van der Waals surface area contributed by atoms with Gasteiger partial charge in [0.1, 0.15) is 5.75 Å². The van der Waals surface area contributed by atoms with Gasteiger partial charge in [-0.3, -0.25) is 20.4 Å². The van der Waals surface area contributed by atoms with E-state index in [2.05, 4.69) is 15.6 Å². The maximum absolute atomic E-state index is 12.5. The largest absolute Gasteiger partial charge is 0.497 e. The number of hydrogen-bond donors (Lipinski definition) is 3. The Bertz CT molecular complexity index is 1040. The first kappa shape index (κ1) is 22.4. The molecule has 11 heteroatoms. The Morgan fingerprint density at radius 3 is 2.42 bits per heavy atom. The monoisotopic (exact) mass is 449 g/mol. The number of fused-ring (bicyclic) bond motifs is 1. The molecule has 3 N–H and O–H groups in total. The summed E-state index contributed by atoms with van der Waals surface area (Å²) in [7, 11) is -2.33. The topological polar surface area (TPSA) is 132 Å². The highest BCUT2D eigenvalue weighted by atomic mass is 32.2. The summed E-state index contributed by atoms with van der Waals surface area (Å²) in [4.78, 5) is 23.9. The molecule has 0 fully saturated rings. The molecule has 2 aromatic rings. The Morgan fingerprint density at radius 2 is 1.71 bits per heavy atom. The van der Waals surface area contributed by atoms with Crippen LogP contribution in [-0.4, -0.2) is 47.1 Å². The van der Waals surface area contributed by atoms with Gasteiger partial charge in [0.05, 0.1) is 25.2 Å². The van der Waals surface area contributed by atoms with Crippen LogP contribution < -0.4 is 29.8 Å². The van der Waals surface area contributed by atoms with Gasteiger partial charge in [-0.15, -0.1) is 0 Å². The number of rotatable bonds is 7. The van der Waals surface area contributed by atoms with E-state index in [9.17, 15) is 18.0 Å². The van der Waals surface area contributed by atoms with Crippen molar-refractivity contribution < 1.29 is 32.2 Å². The predicted octanol–water partition coefficient (Wildman–Crippen LogP) is 0.986. The van der Waals surface area contributed by atoms with Gasteiger partial charge in [0, 0.05) is 31.0 Å². The van der Waals surface area contributed by atoms with Crippen LogP contribution >= 0.6 is 0 Å². The minimum Gasteiger partial charge on any atom is -0.497 e. The zero-order chi connectivity index (χ0) is 22.3. The molecule has 166 valence electrons. The number of hydrogen-bond acceptors (Lipinski definition) is 7. The van der Waals surface area contributed by atoms with Gasteiger partial charge in [0.15, 0.2) is 11.5 Å². The molecule has 1 heterocycles. The van der Waals surface area contributed by atoms with Gasteiger partial charge in [-0.05, 0) is 36.4 Å². The third kappa shape index (κ3) is 6.09. The standard InChI is InChI=1S/C20H23N3O7S/c1-28-15-5-3-14(4-6-15)20(25)23-22-19(24)9-10-21-31(26,27)16-7-8-17-18(13-16)30-12-2-11-29-17/h3-8,13,21H,2,9-12H2,1H3,(H,22,24)(H,23,25). The molecule has 0 saturated heterocycles. The van der Waals surface area contributed by atoms with Gasteiger partial charge in [-0.25, -0.2) is 13.1 Å². The number of carbonyl (C=O) groups is 2. The third-order valence-electron chi connectivity index (χ3n) is 4.34. The summed E-state index contributed by atoms with van der Waals surface area (Å²) in [6, 6.07) is 10.7. The number of carbonyl (C=O) groups excluding carboxylic acids is 2. The highest BCUT2D eigenvalue weighted by Crippen LogP contribution is 2.31. The highest BCUT2D eigenvalue weighted by molar-refractivity contribution is 7.89. The van der Waals surface area contributed by atoms with Gasteiger partial charge in [-0.1, -0.05) is 0 Å². The molecule has 2 amide bonds. The average molecular weight is 449 g/mol. The molecule has 0 spiro atoms. The van der Waals surface area contributed by atoms with Crippen LogP contribution in [0, 0.1) is 0 Å². The van der Waals surface area contributed by atoms with Gasteiger partial charge < -0.3 is 14.2 Å². The number of ether oxygens (including phenoxy) is 3. The van der Waals surface area contributed by atoms with Crippen molar-refractivity contribution in [3.05, 3.63) is 48.0 Å². The molecular formula is C20H23N3O7S. The van der Waals surface area contributed by atoms with Crippen LogP contribution in [0.3, 0.4) is 0 Å². The van der Waals surface area contributed by atoms with Crippen molar-refractivity contribution in [3.63, 3.8) is 0 Å². The van der Waals surface area contributed by atoms with Crippen molar-refractivity contribution in [2.45, 2.75) is 17.7 Å². The molecule has 0 unspecified atom stereocenters. The normalized spacial score (nSPS) is 13.1. The molecule has 0 radical (unpaired) electrons. The van der Waals surface area contributed by atoms with Gasteiger partial charge in [0.2, 0.25) is 15.9 Å². The Morgan fingerprint density at radius 1 is 1.00 bits per heavy atom. The lowest BCUT2D eigenvalue weighted by atomic mass is 10.2. The van der Waals surface area contributed by atoms with E-state index in [0.29, 0.717) is 42.4 Å². The zero-order valence-electron chi connectivity index (χ0n) is 16.8. The number of hydrazine groups is 1. The Kier molecular flexibility index (Phi) is 7.32. The molecule has 31 heavy (non-hydrogen) atoms. The van der Waals surface area contributed by atoms with Crippen LogP contribution in [0.25, 0.3) is 0 Å². The summed E-state index contributed by atoms with van der Waals surface area (Å²) in [5, 5.41) is 0. The van der Waals surface area contributed by atoms with Crippen LogP contribution in [0.2, 0.25) is 0 Å². The summed E-state index contributed by atoms with van der Waals surface area (Å²) in [6.45, 7) is 0.787. The molecule has 2 aromatic carbocycles. The number of benzene rings is 2. The molecule has 1 aliphatic rings. The van der Waals surface area contributed by atoms with E-state index >= 15 is 0 Å². The second kappa shape index (κ2) is 10.1. The molecule has 0 saturated carbocycles. The van der Waals surface area contributed by atoms with E-state index < -0.39 is 21.8 Å². The van der Waals surface area contributed by atoms with Crippen LogP contribution in [0.4, 0.5) is 0 Å². The van der Waals surface area contributed by atoms with E-state index in [-0.39, 0.29) is 17.9 Å². The van der Waals surface area contributed by atoms with Crippen molar-refractivity contribution in [1.29, 1.82) is 0 Å². The molecule has 0 aliphatic carbocycles.